The monoisotopic (exact) mass is 230 g/mol. The van der Waals surface area contributed by atoms with Gasteiger partial charge < -0.3 is 15.7 Å². The Morgan fingerprint density at radius 1 is 1.19 bits per heavy atom. The van der Waals surface area contributed by atoms with Gasteiger partial charge in [-0.3, -0.25) is 4.79 Å². The quantitative estimate of drug-likeness (QED) is 0.648. The summed E-state index contributed by atoms with van der Waals surface area (Å²) in [4.78, 5) is 21.9. The van der Waals surface area contributed by atoms with Crippen molar-refractivity contribution in [2.24, 2.45) is 5.92 Å². The summed E-state index contributed by atoms with van der Waals surface area (Å²) in [6.45, 7) is 7.57. The third kappa shape index (κ3) is 6.27. The number of hydrogen-bond donors (Lipinski definition) is 3. The molecule has 0 spiro atoms. The molecule has 0 aliphatic rings. The molecule has 0 aromatic carbocycles. The van der Waals surface area contributed by atoms with Crippen LogP contribution in [0, 0.1) is 5.92 Å². The van der Waals surface area contributed by atoms with Crippen molar-refractivity contribution in [2.75, 3.05) is 0 Å². The fourth-order valence-electron chi connectivity index (χ4n) is 1.35. The molecular formula is C11H22N2O3. The van der Waals surface area contributed by atoms with Crippen molar-refractivity contribution in [2.45, 2.75) is 52.6 Å². The number of carbonyl (C=O) groups is 2. The van der Waals surface area contributed by atoms with Crippen molar-refractivity contribution in [1.82, 2.24) is 10.6 Å². The maximum Gasteiger partial charge on any atom is 0.325 e. The van der Waals surface area contributed by atoms with Gasteiger partial charge in [0.05, 0.1) is 0 Å². The number of hydrogen-bond acceptors (Lipinski definition) is 2. The molecule has 0 bridgehead atoms. The molecule has 2 unspecified atom stereocenters. The minimum absolute atomic E-state index is 0.0518. The summed E-state index contributed by atoms with van der Waals surface area (Å²) in [5.74, 6) is -0.489. The first kappa shape index (κ1) is 14.7. The highest BCUT2D eigenvalue weighted by molar-refractivity contribution is 5.82. The average Bonchev–Trinajstić information content (AvgIpc) is 2.16. The Morgan fingerprint density at radius 2 is 1.75 bits per heavy atom. The fraction of sp³-hybridized carbons (Fsp3) is 0.818. The summed E-state index contributed by atoms with van der Waals surface area (Å²) < 4.78 is 0. The van der Waals surface area contributed by atoms with E-state index in [4.69, 9.17) is 5.11 Å². The predicted molar refractivity (Wildman–Crippen MR) is 62.3 cm³/mol. The van der Waals surface area contributed by atoms with Crippen molar-refractivity contribution in [3.8, 4) is 0 Å². The lowest BCUT2D eigenvalue weighted by molar-refractivity contribution is -0.138. The van der Waals surface area contributed by atoms with E-state index in [9.17, 15) is 9.59 Å². The van der Waals surface area contributed by atoms with E-state index in [1.807, 2.05) is 6.92 Å². The van der Waals surface area contributed by atoms with E-state index >= 15 is 0 Å². The average molecular weight is 230 g/mol. The number of carboxylic acid groups (broad SMARTS) is 1. The zero-order valence-corrected chi connectivity index (χ0v) is 10.4. The number of nitrogens with one attached hydrogen (secondary N) is 2. The summed E-state index contributed by atoms with van der Waals surface area (Å²) in [5.41, 5.74) is 0. The third-order valence-corrected chi connectivity index (χ3v) is 2.55. The van der Waals surface area contributed by atoms with Crippen molar-refractivity contribution in [3.05, 3.63) is 0 Å². The standard InChI is InChI=1S/C11H22N2O3/c1-5-7(2)6-8(3)12-11(16)13-9(4)10(14)15/h7-9H,5-6H2,1-4H3,(H,14,15)(H2,12,13,16)/t7?,8?,9-/m1/s1. The summed E-state index contributed by atoms with van der Waals surface area (Å²) in [6.07, 6.45) is 1.96. The van der Waals surface area contributed by atoms with Crippen molar-refractivity contribution in [1.29, 1.82) is 0 Å². The van der Waals surface area contributed by atoms with Crippen LogP contribution in [0.15, 0.2) is 0 Å². The molecule has 3 atom stereocenters. The highest BCUT2D eigenvalue weighted by Crippen LogP contribution is 2.09. The summed E-state index contributed by atoms with van der Waals surface area (Å²) in [6, 6.07) is -1.24. The number of carbonyl (C=O) groups excluding carboxylic acids is 1. The summed E-state index contributed by atoms with van der Waals surface area (Å²) in [7, 11) is 0. The van der Waals surface area contributed by atoms with Crippen LogP contribution < -0.4 is 10.6 Å². The first-order valence-corrected chi connectivity index (χ1v) is 5.66. The molecule has 3 N–H and O–H groups in total. The van der Waals surface area contributed by atoms with Gasteiger partial charge in [0.2, 0.25) is 0 Å². The van der Waals surface area contributed by atoms with E-state index in [0.717, 1.165) is 12.8 Å². The van der Waals surface area contributed by atoms with Gasteiger partial charge in [-0.15, -0.1) is 0 Å². The molecule has 5 heteroatoms. The molecule has 94 valence electrons. The van der Waals surface area contributed by atoms with E-state index in [1.54, 1.807) is 0 Å². The second-order valence-electron chi connectivity index (χ2n) is 4.33. The van der Waals surface area contributed by atoms with Gasteiger partial charge in [0.1, 0.15) is 6.04 Å². The number of aliphatic carboxylic acids is 1. The smallest absolute Gasteiger partial charge is 0.325 e. The van der Waals surface area contributed by atoms with Gasteiger partial charge in [-0.05, 0) is 26.2 Å². The van der Waals surface area contributed by atoms with Crippen LogP contribution >= 0.6 is 0 Å². The van der Waals surface area contributed by atoms with Crippen molar-refractivity contribution < 1.29 is 14.7 Å². The van der Waals surface area contributed by atoms with E-state index in [0.29, 0.717) is 5.92 Å². The molecule has 16 heavy (non-hydrogen) atoms. The van der Waals surface area contributed by atoms with Crippen LogP contribution in [0.2, 0.25) is 0 Å². The van der Waals surface area contributed by atoms with E-state index < -0.39 is 18.0 Å². The van der Waals surface area contributed by atoms with Crippen LogP contribution in [0.25, 0.3) is 0 Å². The third-order valence-electron chi connectivity index (χ3n) is 2.55. The zero-order valence-electron chi connectivity index (χ0n) is 10.4. The Kier molecular flexibility index (Phi) is 6.53. The fourth-order valence-corrected chi connectivity index (χ4v) is 1.35. The van der Waals surface area contributed by atoms with Crippen molar-refractivity contribution >= 4 is 12.0 Å². The van der Waals surface area contributed by atoms with Gasteiger partial charge in [-0.1, -0.05) is 20.3 Å². The van der Waals surface area contributed by atoms with Crippen LogP contribution in [0.5, 0.6) is 0 Å². The molecule has 0 saturated heterocycles. The van der Waals surface area contributed by atoms with Gasteiger partial charge in [0, 0.05) is 6.04 Å². The first-order chi connectivity index (χ1) is 7.36. The van der Waals surface area contributed by atoms with E-state index in [2.05, 4.69) is 24.5 Å². The molecule has 0 radical (unpaired) electrons. The van der Waals surface area contributed by atoms with Crippen LogP contribution in [0.1, 0.15) is 40.5 Å². The molecule has 0 aromatic heterocycles. The number of rotatable bonds is 6. The maximum absolute atomic E-state index is 11.4. The Hall–Kier alpha value is -1.26. The summed E-state index contributed by atoms with van der Waals surface area (Å²) >= 11 is 0. The highest BCUT2D eigenvalue weighted by Gasteiger charge is 2.15. The summed E-state index contributed by atoms with van der Waals surface area (Å²) in [5, 5.41) is 13.7. The molecule has 0 aliphatic carbocycles. The van der Waals surface area contributed by atoms with Crippen LogP contribution in [0.4, 0.5) is 4.79 Å². The molecular weight excluding hydrogens is 208 g/mol. The normalized spacial score (nSPS) is 16.0. The second-order valence-corrected chi connectivity index (χ2v) is 4.33. The second kappa shape index (κ2) is 7.09. The number of urea groups is 1. The lowest BCUT2D eigenvalue weighted by atomic mass is 10.0. The molecule has 0 fully saturated rings. The highest BCUT2D eigenvalue weighted by atomic mass is 16.4. The number of amides is 2. The van der Waals surface area contributed by atoms with Crippen LogP contribution in [-0.4, -0.2) is 29.2 Å². The Balaban J connectivity index is 3.91. The lowest BCUT2D eigenvalue weighted by Crippen LogP contribution is -2.47. The van der Waals surface area contributed by atoms with Crippen LogP contribution in [-0.2, 0) is 4.79 Å². The largest absolute Gasteiger partial charge is 0.480 e. The molecule has 0 saturated carbocycles. The molecule has 0 rings (SSSR count). The van der Waals surface area contributed by atoms with Crippen molar-refractivity contribution in [3.63, 3.8) is 0 Å². The maximum atomic E-state index is 11.4. The van der Waals surface area contributed by atoms with E-state index in [-0.39, 0.29) is 6.04 Å². The molecule has 5 nitrogen and oxygen atoms in total. The van der Waals surface area contributed by atoms with Gasteiger partial charge in [0.15, 0.2) is 0 Å². The van der Waals surface area contributed by atoms with E-state index in [1.165, 1.54) is 6.92 Å². The zero-order chi connectivity index (χ0) is 12.7. The van der Waals surface area contributed by atoms with Gasteiger partial charge >= 0.3 is 12.0 Å². The number of carboxylic acids is 1. The lowest BCUT2D eigenvalue weighted by Gasteiger charge is -2.18. The Labute approximate surface area is 96.6 Å². The van der Waals surface area contributed by atoms with Gasteiger partial charge in [-0.2, -0.15) is 0 Å². The predicted octanol–water partition coefficient (Wildman–Crippen LogP) is 1.58. The van der Waals surface area contributed by atoms with Gasteiger partial charge in [0.25, 0.3) is 0 Å². The Bertz CT molecular complexity index is 243. The molecule has 0 aromatic rings. The van der Waals surface area contributed by atoms with Crippen LogP contribution in [0.3, 0.4) is 0 Å². The molecule has 0 aliphatic heterocycles. The van der Waals surface area contributed by atoms with Gasteiger partial charge in [-0.25, -0.2) is 4.79 Å². The Morgan fingerprint density at radius 3 is 2.19 bits per heavy atom. The molecule has 2 amide bonds. The topological polar surface area (TPSA) is 78.4 Å². The SMILES string of the molecule is CCC(C)CC(C)NC(=O)N[C@H](C)C(=O)O. The minimum Gasteiger partial charge on any atom is -0.480 e. The molecule has 0 heterocycles. The minimum atomic E-state index is -1.04. The first-order valence-electron chi connectivity index (χ1n) is 5.66.